The third kappa shape index (κ3) is 3.45. The van der Waals surface area contributed by atoms with E-state index in [2.05, 4.69) is 5.10 Å². The van der Waals surface area contributed by atoms with Gasteiger partial charge in [0.15, 0.2) is 0 Å². The van der Waals surface area contributed by atoms with E-state index in [1.807, 2.05) is 40.3 Å². The summed E-state index contributed by atoms with van der Waals surface area (Å²) >= 11 is 0. The van der Waals surface area contributed by atoms with Crippen molar-refractivity contribution < 1.29 is 14.3 Å². The van der Waals surface area contributed by atoms with Gasteiger partial charge >= 0.3 is 5.97 Å². The Morgan fingerprint density at radius 2 is 2.16 bits per heavy atom. The minimum Gasteiger partial charge on any atom is -0.462 e. The molecule has 3 rings (SSSR count). The Morgan fingerprint density at radius 1 is 1.36 bits per heavy atom. The molecule has 0 radical (unpaired) electrons. The second kappa shape index (κ2) is 7.13. The smallest absolute Gasteiger partial charge is 0.339 e. The van der Waals surface area contributed by atoms with Crippen LogP contribution in [0.25, 0.3) is 0 Å². The highest BCUT2D eigenvalue weighted by Gasteiger charge is 2.28. The third-order valence-electron chi connectivity index (χ3n) is 4.78. The summed E-state index contributed by atoms with van der Waals surface area (Å²) in [5.41, 5.74) is 2.19. The Balaban J connectivity index is 1.68. The first-order valence-corrected chi connectivity index (χ1v) is 8.62. The highest BCUT2D eigenvalue weighted by molar-refractivity contribution is 5.91. The second-order valence-corrected chi connectivity index (χ2v) is 6.36. The van der Waals surface area contributed by atoms with Crippen molar-refractivity contribution in [2.24, 2.45) is 0 Å². The van der Waals surface area contributed by atoms with Crippen molar-refractivity contribution in [1.29, 1.82) is 0 Å². The Labute approximate surface area is 147 Å². The van der Waals surface area contributed by atoms with Gasteiger partial charge in [0.25, 0.3) is 0 Å². The van der Waals surface area contributed by atoms with Crippen molar-refractivity contribution in [3.8, 4) is 0 Å². The maximum Gasteiger partial charge on any atom is 0.339 e. The molecule has 3 heterocycles. The molecule has 0 bridgehead atoms. The number of likely N-dealkylation sites (tertiary alicyclic amines) is 1. The Hall–Kier alpha value is -2.57. The van der Waals surface area contributed by atoms with Gasteiger partial charge in [0.1, 0.15) is 6.54 Å². The molecule has 1 aliphatic heterocycles. The first-order chi connectivity index (χ1) is 12.0. The first-order valence-electron chi connectivity index (χ1n) is 8.62. The molecule has 1 saturated heterocycles. The van der Waals surface area contributed by atoms with E-state index in [1.165, 1.54) is 0 Å². The van der Waals surface area contributed by atoms with Crippen molar-refractivity contribution in [3.63, 3.8) is 0 Å². The van der Waals surface area contributed by atoms with E-state index in [4.69, 9.17) is 4.74 Å². The number of ether oxygens (including phenoxy) is 1. The molecule has 25 heavy (non-hydrogen) atoms. The number of esters is 1. The number of aromatic nitrogens is 3. The highest BCUT2D eigenvalue weighted by atomic mass is 16.5. The second-order valence-electron chi connectivity index (χ2n) is 6.36. The zero-order valence-electron chi connectivity index (χ0n) is 14.9. The molecule has 0 aliphatic carbocycles. The summed E-state index contributed by atoms with van der Waals surface area (Å²) in [6.07, 6.45) is 4.60. The zero-order chi connectivity index (χ0) is 18.0. The number of aryl methyl sites for hydroxylation is 1. The lowest BCUT2D eigenvalue weighted by Crippen LogP contribution is -2.32. The molecule has 2 aromatic rings. The SMILES string of the molecule is CCOC(=O)c1cc(C)n(CC(=O)N2CCC(n3cccn3)C2)c1C. The van der Waals surface area contributed by atoms with Gasteiger partial charge in [-0.2, -0.15) is 5.10 Å². The van der Waals surface area contributed by atoms with Crippen LogP contribution < -0.4 is 0 Å². The van der Waals surface area contributed by atoms with Gasteiger partial charge in [0.05, 0.1) is 18.2 Å². The number of rotatable bonds is 5. The minimum absolute atomic E-state index is 0.0619. The van der Waals surface area contributed by atoms with Gasteiger partial charge in [0, 0.05) is 36.9 Å². The van der Waals surface area contributed by atoms with Crippen molar-refractivity contribution in [3.05, 3.63) is 41.5 Å². The van der Waals surface area contributed by atoms with Crippen LogP contribution >= 0.6 is 0 Å². The summed E-state index contributed by atoms with van der Waals surface area (Å²) in [6, 6.07) is 3.92. The fraction of sp³-hybridized carbons (Fsp3) is 0.500. The topological polar surface area (TPSA) is 69.4 Å². The first kappa shape index (κ1) is 17.3. The van der Waals surface area contributed by atoms with E-state index >= 15 is 0 Å². The molecule has 0 N–H and O–H groups in total. The van der Waals surface area contributed by atoms with Crippen LogP contribution in [0.2, 0.25) is 0 Å². The van der Waals surface area contributed by atoms with E-state index < -0.39 is 0 Å². The lowest BCUT2D eigenvalue weighted by molar-refractivity contribution is -0.130. The van der Waals surface area contributed by atoms with Gasteiger partial charge in [-0.3, -0.25) is 9.48 Å². The van der Waals surface area contributed by atoms with Crippen molar-refractivity contribution >= 4 is 11.9 Å². The summed E-state index contributed by atoms with van der Waals surface area (Å²) in [6.45, 7) is 7.51. The molecule has 7 nitrogen and oxygen atoms in total. The Bertz CT molecular complexity index is 764. The quantitative estimate of drug-likeness (QED) is 0.778. The molecule has 1 unspecified atom stereocenters. The van der Waals surface area contributed by atoms with Crippen molar-refractivity contribution in [2.75, 3.05) is 19.7 Å². The number of carbonyl (C=O) groups is 2. The molecule has 1 atom stereocenters. The van der Waals surface area contributed by atoms with Crippen LogP contribution in [0.3, 0.4) is 0 Å². The fourth-order valence-electron chi connectivity index (χ4n) is 3.38. The van der Waals surface area contributed by atoms with E-state index in [0.717, 1.165) is 24.4 Å². The van der Waals surface area contributed by atoms with Crippen LogP contribution in [0.4, 0.5) is 0 Å². The van der Waals surface area contributed by atoms with E-state index in [1.54, 1.807) is 19.2 Å². The average Bonchev–Trinajstić information content (AvgIpc) is 3.30. The maximum atomic E-state index is 12.7. The summed E-state index contributed by atoms with van der Waals surface area (Å²) in [4.78, 5) is 26.6. The highest BCUT2D eigenvalue weighted by Crippen LogP contribution is 2.22. The largest absolute Gasteiger partial charge is 0.462 e. The molecular weight excluding hydrogens is 320 g/mol. The van der Waals surface area contributed by atoms with E-state index in [-0.39, 0.29) is 24.5 Å². The molecule has 0 aromatic carbocycles. The number of hydrogen-bond donors (Lipinski definition) is 0. The number of amides is 1. The van der Waals surface area contributed by atoms with Crippen LogP contribution in [-0.2, 0) is 16.1 Å². The molecule has 7 heteroatoms. The van der Waals surface area contributed by atoms with Gasteiger partial charge in [-0.15, -0.1) is 0 Å². The van der Waals surface area contributed by atoms with Crippen LogP contribution in [0.15, 0.2) is 24.5 Å². The number of nitrogens with zero attached hydrogens (tertiary/aromatic N) is 4. The summed E-state index contributed by atoms with van der Waals surface area (Å²) in [7, 11) is 0. The molecule has 0 spiro atoms. The molecule has 0 saturated carbocycles. The van der Waals surface area contributed by atoms with E-state index in [0.29, 0.717) is 18.7 Å². The van der Waals surface area contributed by atoms with Gasteiger partial charge in [-0.1, -0.05) is 0 Å². The van der Waals surface area contributed by atoms with E-state index in [9.17, 15) is 9.59 Å². The van der Waals surface area contributed by atoms with Crippen LogP contribution in [0.5, 0.6) is 0 Å². The Morgan fingerprint density at radius 3 is 2.84 bits per heavy atom. The lowest BCUT2D eigenvalue weighted by atomic mass is 10.2. The van der Waals surface area contributed by atoms with Gasteiger partial charge in [-0.25, -0.2) is 4.79 Å². The van der Waals surface area contributed by atoms with Gasteiger partial charge in [0.2, 0.25) is 5.91 Å². The fourth-order valence-corrected chi connectivity index (χ4v) is 3.38. The molecule has 1 fully saturated rings. The molecule has 1 amide bonds. The summed E-state index contributed by atoms with van der Waals surface area (Å²) in [5.74, 6) is -0.277. The van der Waals surface area contributed by atoms with Crippen LogP contribution in [-0.4, -0.2) is 50.8 Å². The zero-order valence-corrected chi connectivity index (χ0v) is 14.9. The summed E-state index contributed by atoms with van der Waals surface area (Å²) < 4.78 is 8.88. The normalized spacial score (nSPS) is 17.1. The number of hydrogen-bond acceptors (Lipinski definition) is 4. The van der Waals surface area contributed by atoms with Gasteiger partial charge < -0.3 is 14.2 Å². The molecular formula is C18H24N4O3. The third-order valence-corrected chi connectivity index (χ3v) is 4.78. The predicted octanol–water partition coefficient (Wildman–Crippen LogP) is 1.95. The van der Waals surface area contributed by atoms with Crippen molar-refractivity contribution in [2.45, 2.75) is 39.8 Å². The average molecular weight is 344 g/mol. The number of carbonyl (C=O) groups excluding carboxylic acids is 2. The maximum absolute atomic E-state index is 12.7. The van der Waals surface area contributed by atoms with Gasteiger partial charge in [-0.05, 0) is 39.3 Å². The lowest BCUT2D eigenvalue weighted by Gasteiger charge is -2.18. The van der Waals surface area contributed by atoms with Crippen LogP contribution in [0.1, 0.15) is 41.1 Å². The monoisotopic (exact) mass is 344 g/mol. The standard InChI is InChI=1S/C18H24N4O3/c1-4-25-18(24)16-10-13(2)21(14(16)3)12-17(23)20-9-6-15(11-20)22-8-5-7-19-22/h5,7-8,10,15H,4,6,9,11-12H2,1-3H3. The molecule has 134 valence electrons. The Kier molecular flexibility index (Phi) is 4.92. The summed E-state index contributed by atoms with van der Waals surface area (Å²) in [5, 5.41) is 4.27. The van der Waals surface area contributed by atoms with Crippen LogP contribution in [0, 0.1) is 13.8 Å². The van der Waals surface area contributed by atoms with Crippen molar-refractivity contribution in [1.82, 2.24) is 19.2 Å². The molecule has 1 aliphatic rings. The predicted molar refractivity (Wildman–Crippen MR) is 92.3 cm³/mol. The minimum atomic E-state index is -0.339. The molecule has 2 aromatic heterocycles.